The number of nitrogens with one attached hydrogen (secondary N) is 1. The van der Waals surface area contributed by atoms with Crippen LogP contribution in [0.5, 0.6) is 0 Å². The summed E-state index contributed by atoms with van der Waals surface area (Å²) in [7, 11) is 0. The van der Waals surface area contributed by atoms with Crippen LogP contribution in [0.15, 0.2) is 18.2 Å². The summed E-state index contributed by atoms with van der Waals surface area (Å²) in [5, 5.41) is 5.23. The fourth-order valence-electron chi connectivity index (χ4n) is 3.36. The summed E-state index contributed by atoms with van der Waals surface area (Å²) in [5.74, 6) is 1.54. The van der Waals surface area contributed by atoms with Crippen LogP contribution in [0.1, 0.15) is 38.7 Å². The van der Waals surface area contributed by atoms with Gasteiger partial charge in [-0.1, -0.05) is 56.0 Å². The van der Waals surface area contributed by atoms with Crippen molar-refractivity contribution in [2.24, 2.45) is 11.8 Å². The molecule has 3 unspecified atom stereocenters. The molecule has 1 aromatic rings. The third kappa shape index (κ3) is 3.65. The third-order valence-corrected chi connectivity index (χ3v) is 5.10. The first-order valence-corrected chi connectivity index (χ1v) is 8.05. The topological polar surface area (TPSA) is 12.0 Å². The highest BCUT2D eigenvalue weighted by molar-refractivity contribution is 6.36. The Labute approximate surface area is 126 Å². The minimum absolute atomic E-state index is 0.486. The number of rotatable bonds is 5. The summed E-state index contributed by atoms with van der Waals surface area (Å²) in [6.07, 6.45) is 4.95. The molecule has 0 saturated heterocycles. The number of hydrogen-bond acceptors (Lipinski definition) is 1. The second kappa shape index (κ2) is 6.97. The molecule has 1 aromatic carbocycles. The number of hydrogen-bond donors (Lipinski definition) is 1. The van der Waals surface area contributed by atoms with Crippen molar-refractivity contribution in [3.63, 3.8) is 0 Å². The van der Waals surface area contributed by atoms with Crippen molar-refractivity contribution in [1.29, 1.82) is 0 Å². The normalized spacial score (nSPS) is 24.6. The Hall–Kier alpha value is -0.240. The molecule has 3 atom stereocenters. The van der Waals surface area contributed by atoms with Crippen LogP contribution >= 0.6 is 23.2 Å². The second-order valence-corrected chi connectivity index (χ2v) is 6.45. The molecule has 1 fully saturated rings. The van der Waals surface area contributed by atoms with Crippen LogP contribution in [0, 0.1) is 11.8 Å². The molecule has 0 bridgehead atoms. The van der Waals surface area contributed by atoms with Gasteiger partial charge < -0.3 is 5.32 Å². The molecule has 1 saturated carbocycles. The molecule has 19 heavy (non-hydrogen) atoms. The molecule has 106 valence electrons. The van der Waals surface area contributed by atoms with Crippen molar-refractivity contribution in [1.82, 2.24) is 5.32 Å². The van der Waals surface area contributed by atoms with Gasteiger partial charge in [-0.05, 0) is 48.9 Å². The largest absolute Gasteiger partial charge is 0.314 e. The minimum Gasteiger partial charge on any atom is -0.314 e. The molecule has 0 heterocycles. The van der Waals surface area contributed by atoms with Gasteiger partial charge in [0.1, 0.15) is 0 Å². The fourth-order valence-corrected chi connectivity index (χ4v) is 3.91. The summed E-state index contributed by atoms with van der Waals surface area (Å²) in [4.78, 5) is 0. The van der Waals surface area contributed by atoms with Crippen LogP contribution in [0.3, 0.4) is 0 Å². The van der Waals surface area contributed by atoms with Gasteiger partial charge in [0, 0.05) is 16.1 Å². The SMILES string of the molecule is CCNC(Cc1c(Cl)cccc1Cl)C1CCCC1C. The van der Waals surface area contributed by atoms with Crippen molar-refractivity contribution >= 4 is 23.2 Å². The monoisotopic (exact) mass is 299 g/mol. The second-order valence-electron chi connectivity index (χ2n) is 5.64. The van der Waals surface area contributed by atoms with E-state index in [1.54, 1.807) is 0 Å². The summed E-state index contributed by atoms with van der Waals surface area (Å²) < 4.78 is 0. The maximum atomic E-state index is 6.30. The number of halogens is 2. The van der Waals surface area contributed by atoms with Crippen molar-refractivity contribution in [3.8, 4) is 0 Å². The lowest BCUT2D eigenvalue weighted by Gasteiger charge is -2.28. The summed E-state index contributed by atoms with van der Waals surface area (Å²) in [6, 6.07) is 6.27. The molecule has 3 heteroatoms. The predicted molar refractivity (Wildman–Crippen MR) is 84.1 cm³/mol. The van der Waals surface area contributed by atoms with Crippen LogP contribution in [0.4, 0.5) is 0 Å². The smallest absolute Gasteiger partial charge is 0.0453 e. The van der Waals surface area contributed by atoms with Crippen LogP contribution in [-0.2, 0) is 6.42 Å². The lowest BCUT2D eigenvalue weighted by atomic mass is 9.86. The molecule has 1 aliphatic rings. The summed E-state index contributed by atoms with van der Waals surface area (Å²) in [6.45, 7) is 5.53. The van der Waals surface area contributed by atoms with Crippen LogP contribution < -0.4 is 5.32 Å². The minimum atomic E-state index is 0.486. The van der Waals surface area contributed by atoms with Gasteiger partial charge in [0.2, 0.25) is 0 Å². The van der Waals surface area contributed by atoms with Crippen molar-refractivity contribution in [2.75, 3.05) is 6.54 Å². The molecule has 0 radical (unpaired) electrons. The lowest BCUT2D eigenvalue weighted by Crippen LogP contribution is -2.39. The standard InChI is InChI=1S/C16H23Cl2N/c1-3-19-16(12-7-4-6-11(12)2)10-13-14(17)8-5-9-15(13)18/h5,8-9,11-12,16,19H,3-4,6-7,10H2,1-2H3. The molecule has 1 aliphatic carbocycles. The molecule has 0 spiro atoms. The Morgan fingerprint density at radius 3 is 2.47 bits per heavy atom. The Morgan fingerprint density at radius 1 is 1.26 bits per heavy atom. The van der Waals surface area contributed by atoms with E-state index in [0.29, 0.717) is 6.04 Å². The average Bonchev–Trinajstić information content (AvgIpc) is 2.79. The van der Waals surface area contributed by atoms with Gasteiger partial charge in [0.25, 0.3) is 0 Å². The molecule has 0 amide bonds. The van der Waals surface area contributed by atoms with E-state index >= 15 is 0 Å². The average molecular weight is 300 g/mol. The molecule has 1 N–H and O–H groups in total. The van der Waals surface area contributed by atoms with Gasteiger partial charge >= 0.3 is 0 Å². The fraction of sp³-hybridized carbons (Fsp3) is 0.625. The Balaban J connectivity index is 2.16. The first-order valence-electron chi connectivity index (χ1n) is 7.29. The van der Waals surface area contributed by atoms with E-state index in [0.717, 1.165) is 40.4 Å². The van der Waals surface area contributed by atoms with Crippen LogP contribution in [0.2, 0.25) is 10.0 Å². The van der Waals surface area contributed by atoms with E-state index in [4.69, 9.17) is 23.2 Å². The van der Waals surface area contributed by atoms with Crippen molar-refractivity contribution < 1.29 is 0 Å². The molecule has 1 nitrogen and oxygen atoms in total. The highest BCUT2D eigenvalue weighted by atomic mass is 35.5. The van der Waals surface area contributed by atoms with Gasteiger partial charge in [-0.15, -0.1) is 0 Å². The van der Waals surface area contributed by atoms with E-state index in [1.807, 2.05) is 18.2 Å². The molecule has 0 aromatic heterocycles. The Morgan fingerprint density at radius 2 is 1.95 bits per heavy atom. The van der Waals surface area contributed by atoms with Gasteiger partial charge in [-0.3, -0.25) is 0 Å². The van der Waals surface area contributed by atoms with Crippen LogP contribution in [-0.4, -0.2) is 12.6 Å². The van der Waals surface area contributed by atoms with E-state index in [9.17, 15) is 0 Å². The van der Waals surface area contributed by atoms with E-state index in [-0.39, 0.29) is 0 Å². The van der Waals surface area contributed by atoms with Crippen LogP contribution in [0.25, 0.3) is 0 Å². The van der Waals surface area contributed by atoms with Gasteiger partial charge in [0.05, 0.1) is 0 Å². The molecule has 2 rings (SSSR count). The summed E-state index contributed by atoms with van der Waals surface area (Å²) >= 11 is 12.6. The highest BCUT2D eigenvalue weighted by Crippen LogP contribution is 2.36. The maximum Gasteiger partial charge on any atom is 0.0453 e. The lowest BCUT2D eigenvalue weighted by molar-refractivity contribution is 0.299. The van der Waals surface area contributed by atoms with Gasteiger partial charge in [0.15, 0.2) is 0 Å². The number of likely N-dealkylation sites (N-methyl/N-ethyl adjacent to an activating group) is 1. The summed E-state index contributed by atoms with van der Waals surface area (Å²) in [5.41, 5.74) is 1.09. The quantitative estimate of drug-likeness (QED) is 0.811. The van der Waals surface area contributed by atoms with Crippen molar-refractivity contribution in [2.45, 2.75) is 45.6 Å². The Bertz CT molecular complexity index is 399. The zero-order valence-electron chi connectivity index (χ0n) is 11.8. The van der Waals surface area contributed by atoms with Gasteiger partial charge in [-0.25, -0.2) is 0 Å². The predicted octanol–water partition coefficient (Wildman–Crippen LogP) is 4.95. The van der Waals surface area contributed by atoms with E-state index in [2.05, 4.69) is 19.2 Å². The molecular formula is C16H23Cl2N. The van der Waals surface area contributed by atoms with Crippen molar-refractivity contribution in [3.05, 3.63) is 33.8 Å². The molecular weight excluding hydrogens is 277 g/mol. The zero-order valence-corrected chi connectivity index (χ0v) is 13.3. The van der Waals surface area contributed by atoms with E-state index < -0.39 is 0 Å². The van der Waals surface area contributed by atoms with Gasteiger partial charge in [-0.2, -0.15) is 0 Å². The third-order valence-electron chi connectivity index (χ3n) is 4.40. The maximum absolute atomic E-state index is 6.30. The Kier molecular flexibility index (Phi) is 5.56. The van der Waals surface area contributed by atoms with E-state index in [1.165, 1.54) is 19.3 Å². The first-order chi connectivity index (χ1) is 9.13. The number of benzene rings is 1. The first kappa shape index (κ1) is 15.2. The highest BCUT2D eigenvalue weighted by Gasteiger charge is 2.31. The molecule has 0 aliphatic heterocycles. The zero-order chi connectivity index (χ0) is 13.8.